The molecule has 4 aromatic carbocycles. The first-order valence-electron chi connectivity index (χ1n) is 12.0. The van der Waals surface area contributed by atoms with Crippen LogP contribution >= 0.6 is 21.4 Å². The summed E-state index contributed by atoms with van der Waals surface area (Å²) >= 11 is 0. The maximum absolute atomic E-state index is 13.6. The highest BCUT2D eigenvalue weighted by molar-refractivity contribution is 8.14. The molecule has 1 saturated heterocycles. The minimum Gasteiger partial charge on any atom is -0.867 e. The van der Waals surface area contributed by atoms with Crippen molar-refractivity contribution < 1.29 is 38.8 Å². The molecule has 5 rings (SSSR count). The number of benzene rings is 4. The average Bonchev–Trinajstić information content (AvgIpc) is 2.95. The lowest BCUT2D eigenvalue weighted by molar-refractivity contribution is -0.264. The Morgan fingerprint density at radius 1 is 0.651 bits per heavy atom. The van der Waals surface area contributed by atoms with Crippen LogP contribution in [0.5, 0.6) is 5.75 Å². The van der Waals surface area contributed by atoms with E-state index in [0.717, 1.165) is 38.9 Å². The van der Waals surface area contributed by atoms with Crippen LogP contribution in [0.4, 0.5) is 5.69 Å². The van der Waals surface area contributed by atoms with Crippen LogP contribution < -0.4 is 5.11 Å². The molecule has 0 N–H and O–H groups in total. The van der Waals surface area contributed by atoms with Crippen LogP contribution in [0.15, 0.2) is 80.2 Å². The van der Waals surface area contributed by atoms with E-state index < -0.39 is 58.6 Å². The van der Waals surface area contributed by atoms with Crippen LogP contribution in [0.1, 0.15) is 0 Å². The van der Waals surface area contributed by atoms with Gasteiger partial charge in [0.1, 0.15) is 0 Å². The molecule has 0 atom stereocenters. The van der Waals surface area contributed by atoms with Crippen molar-refractivity contribution in [2.45, 2.75) is 19.6 Å². The van der Waals surface area contributed by atoms with Gasteiger partial charge in [-0.2, -0.15) is 8.61 Å². The number of halogens is 2. The first-order valence-corrected chi connectivity index (χ1v) is 19.5. The Hall–Kier alpha value is -3.08. The van der Waals surface area contributed by atoms with Gasteiger partial charge in [0.15, 0.2) is 4.98 Å². The predicted octanol–water partition coefficient (Wildman–Crippen LogP) is 3.10. The zero-order chi connectivity index (χ0) is 31.5. The number of sulfonamides is 2. The number of piperazine rings is 1. The lowest BCUT2D eigenvalue weighted by Gasteiger charge is -2.33. The number of hydrogen-bond acceptors (Lipinski definition) is 10. The fourth-order valence-electron chi connectivity index (χ4n) is 4.82. The van der Waals surface area contributed by atoms with E-state index in [0.29, 0.717) is 0 Å². The van der Waals surface area contributed by atoms with E-state index in [-0.39, 0.29) is 58.3 Å². The molecule has 0 saturated carbocycles. The second-order valence-electron chi connectivity index (χ2n) is 9.35. The standard InChI is InChI=1S/C24H18Cl2N4O9S4/c25-40(32,33)16-4-5-18-15(12-16)13-17(14-23(18)41(26,34)35)42(36,37)29-8-10-30(11-9-29)43(38,39)22-3-1-2-20-19(22)6-7-21(28-27)24(20)31/h1-7,12-14H,8-11H2. The third kappa shape index (κ3) is 5.65. The second-order valence-corrected chi connectivity index (χ2v) is 18.3. The van der Waals surface area contributed by atoms with E-state index >= 15 is 0 Å². The molecule has 226 valence electrons. The van der Waals surface area contributed by atoms with Crippen LogP contribution in [0.2, 0.25) is 0 Å². The zero-order valence-corrected chi connectivity index (χ0v) is 26.2. The molecule has 0 amide bonds. The van der Waals surface area contributed by atoms with Gasteiger partial charge in [0.2, 0.25) is 25.4 Å². The van der Waals surface area contributed by atoms with E-state index in [2.05, 4.69) is 4.98 Å². The smallest absolute Gasteiger partial charge is 0.378 e. The second kappa shape index (κ2) is 10.8. The lowest BCUT2D eigenvalue weighted by atomic mass is 10.1. The highest BCUT2D eigenvalue weighted by atomic mass is 35.7. The summed E-state index contributed by atoms with van der Waals surface area (Å²) in [5.74, 6) is -0.669. The van der Waals surface area contributed by atoms with Crippen LogP contribution in [-0.2, 0) is 38.1 Å². The molecular weight excluding hydrogens is 687 g/mol. The van der Waals surface area contributed by atoms with Gasteiger partial charge in [-0.25, -0.2) is 33.7 Å². The molecule has 0 aromatic heterocycles. The summed E-state index contributed by atoms with van der Waals surface area (Å²) in [6.45, 7) is -1.20. The third-order valence-electron chi connectivity index (χ3n) is 6.92. The minimum atomic E-state index is -4.50. The van der Waals surface area contributed by atoms with Crippen molar-refractivity contribution in [3.63, 3.8) is 0 Å². The van der Waals surface area contributed by atoms with Crippen molar-refractivity contribution in [3.8, 4) is 5.75 Å². The summed E-state index contributed by atoms with van der Waals surface area (Å²) in [7, 11) is -6.41. The van der Waals surface area contributed by atoms with Gasteiger partial charge in [0.25, 0.3) is 18.1 Å². The third-order valence-corrected chi connectivity index (χ3v) is 13.5. The molecule has 13 nitrogen and oxygen atoms in total. The highest BCUT2D eigenvalue weighted by Gasteiger charge is 2.35. The van der Waals surface area contributed by atoms with Crippen molar-refractivity contribution in [3.05, 3.63) is 65.6 Å². The number of rotatable bonds is 6. The van der Waals surface area contributed by atoms with Crippen molar-refractivity contribution >= 4 is 86.7 Å². The maximum atomic E-state index is 13.6. The van der Waals surface area contributed by atoms with Gasteiger partial charge in [0.05, 0.1) is 19.6 Å². The quantitative estimate of drug-likeness (QED) is 0.213. The Labute approximate surface area is 255 Å². The molecule has 0 bridgehead atoms. The molecule has 0 aliphatic carbocycles. The van der Waals surface area contributed by atoms with E-state index in [4.69, 9.17) is 26.8 Å². The summed E-state index contributed by atoms with van der Waals surface area (Å²) < 4.78 is 105. The van der Waals surface area contributed by atoms with Crippen molar-refractivity contribution in [2.75, 3.05) is 26.2 Å². The fourth-order valence-corrected chi connectivity index (χ4v) is 9.89. The monoisotopic (exact) mass is 704 g/mol. The molecule has 19 heteroatoms. The van der Waals surface area contributed by atoms with Gasteiger partial charge < -0.3 is 5.11 Å². The maximum Gasteiger partial charge on any atom is 0.378 e. The molecule has 1 aliphatic rings. The number of hydrogen-bond donors (Lipinski definition) is 0. The topological polar surface area (TPSA) is 194 Å². The molecular formula is C24H18Cl2N4O9S4. The molecule has 1 fully saturated rings. The Bertz CT molecular complexity index is 2320. The zero-order valence-electron chi connectivity index (χ0n) is 21.5. The lowest BCUT2D eigenvalue weighted by Crippen LogP contribution is -2.50. The van der Waals surface area contributed by atoms with E-state index in [1.807, 2.05) is 0 Å². The SMILES string of the molecule is N#[N+]c1ccc2c(S(=O)(=O)N3CCN(S(=O)(=O)c4cc(S(=O)(=O)Cl)c5ccc(S(=O)(=O)Cl)cc5c4)CC3)cccc2c1[O-]. The summed E-state index contributed by atoms with van der Waals surface area (Å²) in [6, 6.07) is 11.7. The Balaban J connectivity index is 1.49. The molecule has 0 spiro atoms. The first kappa shape index (κ1) is 31.3. The van der Waals surface area contributed by atoms with E-state index in [9.17, 15) is 38.8 Å². The summed E-state index contributed by atoms with van der Waals surface area (Å²) in [6.07, 6.45) is 0. The summed E-state index contributed by atoms with van der Waals surface area (Å²) in [5.41, 5.74) is -0.264. The van der Waals surface area contributed by atoms with Crippen molar-refractivity contribution in [1.82, 2.24) is 8.61 Å². The van der Waals surface area contributed by atoms with Gasteiger partial charge in [-0.05, 0) is 52.9 Å². The number of nitrogens with zero attached hydrogens (tertiary/aromatic N) is 4. The summed E-state index contributed by atoms with van der Waals surface area (Å²) in [5, 5.41) is 21.5. The van der Waals surface area contributed by atoms with Gasteiger partial charge >= 0.3 is 5.69 Å². The fraction of sp³-hybridized carbons (Fsp3) is 0.167. The molecule has 1 aliphatic heterocycles. The number of diazo groups is 1. The van der Waals surface area contributed by atoms with Crippen LogP contribution in [0, 0.1) is 5.39 Å². The first-order chi connectivity index (χ1) is 20.0. The molecule has 43 heavy (non-hydrogen) atoms. The molecule has 1 heterocycles. The van der Waals surface area contributed by atoms with Crippen molar-refractivity contribution in [1.29, 1.82) is 5.39 Å². The van der Waals surface area contributed by atoms with Crippen LogP contribution in [0.3, 0.4) is 0 Å². The number of fused-ring (bicyclic) bond motifs is 2. The largest absolute Gasteiger partial charge is 0.867 e. The van der Waals surface area contributed by atoms with Gasteiger partial charge in [-0.15, -0.1) is 0 Å². The van der Waals surface area contributed by atoms with E-state index in [1.54, 1.807) is 0 Å². The predicted molar refractivity (Wildman–Crippen MR) is 156 cm³/mol. The molecule has 0 unspecified atom stereocenters. The van der Waals surface area contributed by atoms with Crippen LogP contribution in [-0.4, -0.2) is 68.5 Å². The van der Waals surface area contributed by atoms with Gasteiger partial charge in [-0.1, -0.05) is 18.2 Å². The molecule has 4 aromatic rings. The Kier molecular flexibility index (Phi) is 7.89. The van der Waals surface area contributed by atoms with Crippen LogP contribution in [0.25, 0.3) is 26.5 Å². The normalized spacial score (nSPS) is 15.9. The van der Waals surface area contributed by atoms with Gasteiger partial charge in [-0.3, -0.25) is 0 Å². The van der Waals surface area contributed by atoms with Crippen molar-refractivity contribution in [2.24, 2.45) is 0 Å². The average molecular weight is 706 g/mol. The Morgan fingerprint density at radius 2 is 1.23 bits per heavy atom. The summed E-state index contributed by atoms with van der Waals surface area (Å²) in [4.78, 5) is 1.22. The highest BCUT2D eigenvalue weighted by Crippen LogP contribution is 2.37. The van der Waals surface area contributed by atoms with Gasteiger partial charge in [0, 0.05) is 64.4 Å². The minimum absolute atomic E-state index is 0.0177. The van der Waals surface area contributed by atoms with E-state index in [1.165, 1.54) is 30.3 Å². The Morgan fingerprint density at radius 3 is 1.81 bits per heavy atom. The molecule has 0 radical (unpaired) electrons.